The molecule has 3 aromatic rings. The number of allylic oxidation sites excluding steroid dienone is 1. The average Bonchev–Trinajstić information content (AvgIpc) is 3.10. The third kappa shape index (κ3) is 2.67. The number of rotatable bonds is 3. The molecule has 2 heterocycles. The second kappa shape index (κ2) is 6.09. The molecule has 1 atom stereocenters. The Morgan fingerprint density at radius 3 is 2.79 bits per heavy atom. The largest absolute Gasteiger partial charge is 0.497 e. The van der Waals surface area contributed by atoms with E-state index < -0.39 is 0 Å². The Balaban J connectivity index is 1.79. The predicted octanol–water partition coefficient (Wildman–Crippen LogP) is 3.50. The molecule has 7 heteroatoms. The summed E-state index contributed by atoms with van der Waals surface area (Å²) in [5, 5.41) is 15.3. The van der Waals surface area contributed by atoms with Crippen molar-refractivity contribution in [3.63, 3.8) is 0 Å². The van der Waals surface area contributed by atoms with E-state index >= 15 is 0 Å². The van der Waals surface area contributed by atoms with Gasteiger partial charge in [0, 0.05) is 15.7 Å². The molecule has 120 valence electrons. The van der Waals surface area contributed by atoms with Gasteiger partial charge in [-0.05, 0) is 46.3 Å². The maximum Gasteiger partial charge on any atom is 0.248 e. The second-order valence-electron chi connectivity index (χ2n) is 5.38. The number of methoxy groups -OCH3 is 1. The number of hydrogen-bond acceptors (Lipinski definition) is 5. The van der Waals surface area contributed by atoms with Gasteiger partial charge in [-0.15, -0.1) is 0 Å². The minimum Gasteiger partial charge on any atom is -0.497 e. The van der Waals surface area contributed by atoms with E-state index in [1.807, 2.05) is 36.4 Å². The maximum absolute atomic E-state index is 5.32. The van der Waals surface area contributed by atoms with Crippen LogP contribution in [-0.2, 0) is 0 Å². The first kappa shape index (κ1) is 14.9. The highest BCUT2D eigenvalue weighted by Crippen LogP contribution is 2.32. The molecule has 0 aliphatic carbocycles. The van der Waals surface area contributed by atoms with Crippen molar-refractivity contribution in [1.82, 2.24) is 20.2 Å². The van der Waals surface area contributed by atoms with Crippen LogP contribution in [-0.4, -0.2) is 27.3 Å². The Labute approximate surface area is 147 Å². The van der Waals surface area contributed by atoms with Gasteiger partial charge in [-0.2, -0.15) is 4.68 Å². The van der Waals surface area contributed by atoms with E-state index in [2.05, 4.69) is 55.0 Å². The summed E-state index contributed by atoms with van der Waals surface area (Å²) in [4.78, 5) is 0. The van der Waals surface area contributed by atoms with E-state index in [9.17, 15) is 0 Å². The van der Waals surface area contributed by atoms with Crippen molar-refractivity contribution in [3.8, 4) is 5.75 Å². The summed E-state index contributed by atoms with van der Waals surface area (Å²) in [6, 6.07) is 16.0. The minimum absolute atomic E-state index is 0.0782. The second-order valence-corrected chi connectivity index (χ2v) is 6.30. The molecule has 6 nitrogen and oxygen atoms in total. The lowest BCUT2D eigenvalue weighted by molar-refractivity contribution is 0.414. The van der Waals surface area contributed by atoms with Crippen LogP contribution < -0.4 is 10.1 Å². The smallest absolute Gasteiger partial charge is 0.248 e. The number of tetrazole rings is 1. The summed E-state index contributed by atoms with van der Waals surface area (Å²) >= 11 is 3.47. The van der Waals surface area contributed by atoms with Crippen molar-refractivity contribution < 1.29 is 4.74 Å². The number of nitrogens with one attached hydrogen (secondary N) is 1. The zero-order valence-corrected chi connectivity index (χ0v) is 14.4. The summed E-state index contributed by atoms with van der Waals surface area (Å²) in [6.07, 6.45) is 2.11. The van der Waals surface area contributed by atoms with Gasteiger partial charge in [0.1, 0.15) is 11.8 Å². The van der Waals surface area contributed by atoms with Crippen molar-refractivity contribution >= 4 is 27.6 Å². The molecule has 0 fully saturated rings. The van der Waals surface area contributed by atoms with Gasteiger partial charge in [0.05, 0.1) is 7.11 Å². The fourth-order valence-electron chi connectivity index (χ4n) is 2.71. The highest BCUT2D eigenvalue weighted by atomic mass is 79.9. The number of nitrogens with zero attached hydrogens (tertiary/aromatic N) is 4. The first-order valence-electron chi connectivity index (χ1n) is 7.41. The minimum atomic E-state index is -0.0782. The molecule has 1 N–H and O–H groups in total. The number of halogens is 1. The SMILES string of the molecule is COc1cccc(C2=CC(c3ccc(Br)cc3)n3nnnc3N2)c1. The van der Waals surface area contributed by atoms with Crippen LogP contribution >= 0.6 is 15.9 Å². The molecule has 0 saturated carbocycles. The molecule has 1 unspecified atom stereocenters. The van der Waals surface area contributed by atoms with Crippen LogP contribution in [0.5, 0.6) is 5.75 Å². The number of benzene rings is 2. The van der Waals surface area contributed by atoms with Crippen molar-refractivity contribution in [2.75, 3.05) is 12.4 Å². The quantitative estimate of drug-likeness (QED) is 0.749. The fraction of sp³-hybridized carbons (Fsp3) is 0.118. The highest BCUT2D eigenvalue weighted by molar-refractivity contribution is 9.10. The van der Waals surface area contributed by atoms with E-state index in [1.165, 1.54) is 0 Å². The van der Waals surface area contributed by atoms with Gasteiger partial charge < -0.3 is 10.1 Å². The van der Waals surface area contributed by atoms with E-state index in [4.69, 9.17) is 4.74 Å². The lowest BCUT2D eigenvalue weighted by atomic mass is 10.0. The summed E-state index contributed by atoms with van der Waals surface area (Å²) in [6.45, 7) is 0. The molecular weight excluding hydrogens is 370 g/mol. The number of anilines is 1. The van der Waals surface area contributed by atoms with Gasteiger partial charge in [-0.1, -0.05) is 45.3 Å². The van der Waals surface area contributed by atoms with Crippen molar-refractivity contribution in [3.05, 3.63) is 70.2 Å². The Hall–Kier alpha value is -2.67. The number of fused-ring (bicyclic) bond motifs is 1. The topological polar surface area (TPSA) is 64.9 Å². The summed E-state index contributed by atoms with van der Waals surface area (Å²) < 4.78 is 8.13. The van der Waals surface area contributed by atoms with Gasteiger partial charge in [-0.25, -0.2) is 0 Å². The number of hydrogen-bond donors (Lipinski definition) is 1. The lowest BCUT2D eigenvalue weighted by Crippen LogP contribution is -2.20. The molecule has 0 amide bonds. The third-order valence-electron chi connectivity index (χ3n) is 3.92. The van der Waals surface area contributed by atoms with E-state index in [1.54, 1.807) is 11.8 Å². The van der Waals surface area contributed by atoms with E-state index in [0.717, 1.165) is 27.0 Å². The zero-order valence-electron chi connectivity index (χ0n) is 12.8. The Morgan fingerprint density at radius 1 is 1.17 bits per heavy atom. The number of aromatic nitrogens is 4. The van der Waals surface area contributed by atoms with Gasteiger partial charge in [-0.3, -0.25) is 0 Å². The Kier molecular flexibility index (Phi) is 3.78. The monoisotopic (exact) mass is 383 g/mol. The number of ether oxygens (including phenoxy) is 1. The molecule has 24 heavy (non-hydrogen) atoms. The molecule has 2 aromatic carbocycles. The molecule has 0 spiro atoms. The van der Waals surface area contributed by atoms with Crippen LogP contribution in [0.4, 0.5) is 5.95 Å². The molecule has 0 radical (unpaired) electrons. The molecule has 1 aliphatic rings. The standard InChI is InChI=1S/C17H14BrN5O/c1-24-14-4-2-3-12(9-14)15-10-16(11-5-7-13(18)8-6-11)23-17(19-15)20-21-22-23/h2-10,16H,1H3,(H,19,20,22). The third-order valence-corrected chi connectivity index (χ3v) is 4.45. The van der Waals surface area contributed by atoms with Crippen molar-refractivity contribution in [1.29, 1.82) is 0 Å². The van der Waals surface area contributed by atoms with Gasteiger partial charge in [0.15, 0.2) is 0 Å². The molecule has 1 aliphatic heterocycles. The molecule has 0 bridgehead atoms. The molecule has 4 rings (SSSR count). The normalized spacial score (nSPS) is 16.1. The maximum atomic E-state index is 5.32. The first-order valence-corrected chi connectivity index (χ1v) is 8.20. The average molecular weight is 384 g/mol. The van der Waals surface area contributed by atoms with Crippen LogP contribution in [0.25, 0.3) is 5.70 Å². The van der Waals surface area contributed by atoms with Crippen LogP contribution in [0, 0.1) is 0 Å². The Bertz CT molecular complexity index is 903. The van der Waals surface area contributed by atoms with E-state index in [0.29, 0.717) is 5.95 Å². The molecular formula is C17H14BrN5O. The van der Waals surface area contributed by atoms with Gasteiger partial charge >= 0.3 is 0 Å². The zero-order chi connectivity index (χ0) is 16.5. The van der Waals surface area contributed by atoms with Crippen LogP contribution in [0.1, 0.15) is 17.2 Å². The summed E-state index contributed by atoms with van der Waals surface area (Å²) in [5.41, 5.74) is 3.07. The van der Waals surface area contributed by atoms with Crippen LogP contribution in [0.3, 0.4) is 0 Å². The predicted molar refractivity (Wildman–Crippen MR) is 94.7 cm³/mol. The van der Waals surface area contributed by atoms with Crippen molar-refractivity contribution in [2.24, 2.45) is 0 Å². The Morgan fingerprint density at radius 2 is 2.00 bits per heavy atom. The lowest BCUT2D eigenvalue weighted by Gasteiger charge is -2.23. The van der Waals surface area contributed by atoms with E-state index in [-0.39, 0.29) is 6.04 Å². The van der Waals surface area contributed by atoms with Crippen LogP contribution in [0.15, 0.2) is 59.1 Å². The fourth-order valence-corrected chi connectivity index (χ4v) is 2.97. The van der Waals surface area contributed by atoms with Crippen LogP contribution in [0.2, 0.25) is 0 Å². The highest BCUT2D eigenvalue weighted by Gasteiger charge is 2.24. The summed E-state index contributed by atoms with van der Waals surface area (Å²) in [7, 11) is 1.66. The molecule has 0 saturated heterocycles. The van der Waals surface area contributed by atoms with Gasteiger partial charge in [0.25, 0.3) is 0 Å². The summed E-state index contributed by atoms with van der Waals surface area (Å²) in [5.74, 6) is 1.42. The first-order chi connectivity index (χ1) is 11.7. The molecule has 1 aromatic heterocycles. The van der Waals surface area contributed by atoms with Gasteiger partial charge in [0.2, 0.25) is 5.95 Å². The van der Waals surface area contributed by atoms with Crippen molar-refractivity contribution in [2.45, 2.75) is 6.04 Å².